The van der Waals surface area contributed by atoms with Gasteiger partial charge in [0.25, 0.3) is 0 Å². The molecule has 1 heterocycles. The minimum atomic E-state index is -0.247. The van der Waals surface area contributed by atoms with Crippen LogP contribution in [-0.4, -0.2) is 37.0 Å². The van der Waals surface area contributed by atoms with E-state index in [9.17, 15) is 4.79 Å². The van der Waals surface area contributed by atoms with Gasteiger partial charge in [-0.25, -0.2) is 0 Å². The number of amides is 1. The summed E-state index contributed by atoms with van der Waals surface area (Å²) >= 11 is 0. The van der Waals surface area contributed by atoms with Crippen LogP contribution in [-0.2, 0) is 4.79 Å². The fourth-order valence-corrected chi connectivity index (χ4v) is 3.68. The number of carbonyl (C=O) groups excluding carboxylic acids is 1. The van der Waals surface area contributed by atoms with Crippen LogP contribution in [0.15, 0.2) is 0 Å². The van der Waals surface area contributed by atoms with Gasteiger partial charge in [-0.05, 0) is 30.6 Å². The van der Waals surface area contributed by atoms with Gasteiger partial charge in [0.2, 0.25) is 5.91 Å². The summed E-state index contributed by atoms with van der Waals surface area (Å²) in [7, 11) is 0. The van der Waals surface area contributed by atoms with Crippen LogP contribution in [0, 0.1) is 16.7 Å². The zero-order chi connectivity index (χ0) is 16.1. The van der Waals surface area contributed by atoms with E-state index in [-0.39, 0.29) is 10.8 Å². The number of rotatable bonds is 7. The van der Waals surface area contributed by atoms with Crippen LogP contribution in [0.25, 0.3) is 0 Å². The number of carbonyl (C=O) groups is 1. The number of piperazine rings is 1. The van der Waals surface area contributed by atoms with Crippen molar-refractivity contribution >= 4 is 5.91 Å². The van der Waals surface area contributed by atoms with Crippen LogP contribution >= 0.6 is 0 Å². The Balaban J connectivity index is 3.07. The van der Waals surface area contributed by atoms with Gasteiger partial charge in [0, 0.05) is 26.2 Å². The van der Waals surface area contributed by atoms with Crippen molar-refractivity contribution in [3.63, 3.8) is 0 Å². The van der Waals surface area contributed by atoms with Crippen LogP contribution < -0.4 is 5.32 Å². The molecule has 3 nitrogen and oxygen atoms in total. The number of hydrogen-bond acceptors (Lipinski definition) is 2. The minimum Gasteiger partial charge on any atom is -0.340 e. The molecule has 1 aliphatic heterocycles. The third kappa shape index (κ3) is 3.80. The minimum absolute atomic E-state index is 0.0817. The van der Waals surface area contributed by atoms with Gasteiger partial charge in [-0.2, -0.15) is 0 Å². The molecule has 0 aromatic carbocycles. The summed E-state index contributed by atoms with van der Waals surface area (Å²) in [6, 6.07) is 0. The summed E-state index contributed by atoms with van der Waals surface area (Å²) in [5, 5.41) is 3.35. The van der Waals surface area contributed by atoms with Crippen molar-refractivity contribution in [1.82, 2.24) is 10.2 Å². The molecule has 124 valence electrons. The van der Waals surface area contributed by atoms with E-state index in [4.69, 9.17) is 0 Å². The molecule has 0 bridgehead atoms. The van der Waals surface area contributed by atoms with Gasteiger partial charge in [0.15, 0.2) is 0 Å². The summed E-state index contributed by atoms with van der Waals surface area (Å²) in [5.41, 5.74) is -0.165. The summed E-state index contributed by atoms with van der Waals surface area (Å²) in [4.78, 5) is 15.4. The highest BCUT2D eigenvalue weighted by Gasteiger charge is 2.49. The van der Waals surface area contributed by atoms with Crippen LogP contribution in [0.2, 0.25) is 0 Å². The molecule has 1 fully saturated rings. The Labute approximate surface area is 131 Å². The maximum absolute atomic E-state index is 13.3. The van der Waals surface area contributed by atoms with E-state index in [0.717, 1.165) is 51.9 Å². The predicted octanol–water partition coefficient (Wildman–Crippen LogP) is 3.69. The summed E-state index contributed by atoms with van der Waals surface area (Å²) in [5.74, 6) is 0.981. The van der Waals surface area contributed by atoms with Gasteiger partial charge in [-0.3, -0.25) is 4.79 Å². The lowest BCUT2D eigenvalue weighted by molar-refractivity contribution is -0.152. The van der Waals surface area contributed by atoms with Crippen LogP contribution in [0.4, 0.5) is 0 Å². The van der Waals surface area contributed by atoms with E-state index >= 15 is 0 Å². The van der Waals surface area contributed by atoms with Crippen molar-refractivity contribution in [3.8, 4) is 0 Å². The molecule has 0 aliphatic carbocycles. The first kappa shape index (κ1) is 18.5. The third-order valence-corrected chi connectivity index (χ3v) is 6.22. The highest BCUT2D eigenvalue weighted by atomic mass is 16.2. The van der Waals surface area contributed by atoms with Crippen molar-refractivity contribution in [3.05, 3.63) is 0 Å². The average molecular weight is 296 g/mol. The molecule has 3 heteroatoms. The van der Waals surface area contributed by atoms with Gasteiger partial charge in [-0.1, -0.05) is 48.0 Å². The Hall–Kier alpha value is -0.570. The molecule has 21 heavy (non-hydrogen) atoms. The maximum atomic E-state index is 13.3. The second kappa shape index (κ2) is 7.62. The van der Waals surface area contributed by atoms with E-state index in [1.807, 2.05) is 0 Å². The van der Waals surface area contributed by atoms with Crippen molar-refractivity contribution < 1.29 is 4.79 Å². The Morgan fingerprint density at radius 3 is 2.10 bits per heavy atom. The van der Waals surface area contributed by atoms with Gasteiger partial charge in [0.1, 0.15) is 0 Å². The van der Waals surface area contributed by atoms with E-state index in [1.165, 1.54) is 0 Å². The van der Waals surface area contributed by atoms with E-state index in [1.54, 1.807) is 0 Å². The topological polar surface area (TPSA) is 32.3 Å². The normalized spacial score (nSPS) is 21.0. The standard InChI is InChI=1S/C18H36N2O/c1-7-15(4)14-18(6,17(5,8-2)9-3)16(21)20-12-10-19-11-13-20/h15,19H,7-14H2,1-6H3. The van der Waals surface area contributed by atoms with E-state index in [2.05, 4.69) is 51.8 Å². The van der Waals surface area contributed by atoms with Crippen LogP contribution in [0.5, 0.6) is 0 Å². The first-order valence-corrected chi connectivity index (χ1v) is 8.84. The van der Waals surface area contributed by atoms with Gasteiger partial charge in [0.05, 0.1) is 5.41 Å². The second-order valence-corrected chi connectivity index (χ2v) is 7.36. The fraction of sp³-hybridized carbons (Fsp3) is 0.944. The second-order valence-electron chi connectivity index (χ2n) is 7.36. The zero-order valence-corrected chi connectivity index (χ0v) is 15.1. The molecule has 2 atom stereocenters. The molecule has 1 rings (SSSR count). The Kier molecular flexibility index (Phi) is 6.71. The molecule has 2 unspecified atom stereocenters. The highest BCUT2D eigenvalue weighted by Crippen LogP contribution is 2.50. The molecule has 1 aliphatic rings. The van der Waals surface area contributed by atoms with E-state index in [0.29, 0.717) is 11.8 Å². The highest BCUT2D eigenvalue weighted by molar-refractivity contribution is 5.83. The zero-order valence-electron chi connectivity index (χ0n) is 15.1. The van der Waals surface area contributed by atoms with Gasteiger partial charge >= 0.3 is 0 Å². The van der Waals surface area contributed by atoms with Crippen molar-refractivity contribution in [2.45, 2.75) is 67.2 Å². The lowest BCUT2D eigenvalue weighted by atomic mass is 9.58. The van der Waals surface area contributed by atoms with Gasteiger partial charge < -0.3 is 10.2 Å². The third-order valence-electron chi connectivity index (χ3n) is 6.22. The van der Waals surface area contributed by atoms with E-state index < -0.39 is 0 Å². The molecular formula is C18H36N2O. The lowest BCUT2D eigenvalue weighted by Gasteiger charge is -2.49. The number of nitrogens with one attached hydrogen (secondary N) is 1. The molecule has 0 spiro atoms. The number of nitrogens with zero attached hydrogens (tertiary/aromatic N) is 1. The molecule has 1 N–H and O–H groups in total. The summed E-state index contributed by atoms with van der Waals surface area (Å²) < 4.78 is 0. The van der Waals surface area contributed by atoms with Crippen LogP contribution in [0.3, 0.4) is 0 Å². The molecule has 1 amide bonds. The summed E-state index contributed by atoms with van der Waals surface area (Å²) in [6.07, 6.45) is 4.28. The molecule has 0 aromatic rings. The smallest absolute Gasteiger partial charge is 0.229 e. The Morgan fingerprint density at radius 2 is 1.67 bits per heavy atom. The van der Waals surface area contributed by atoms with Gasteiger partial charge in [-0.15, -0.1) is 0 Å². The fourth-order valence-electron chi connectivity index (χ4n) is 3.68. The molecule has 0 radical (unpaired) electrons. The molecule has 0 aromatic heterocycles. The first-order chi connectivity index (χ1) is 9.84. The lowest BCUT2D eigenvalue weighted by Crippen LogP contribution is -2.56. The Morgan fingerprint density at radius 1 is 1.14 bits per heavy atom. The summed E-state index contributed by atoms with van der Waals surface area (Å²) in [6.45, 7) is 17.1. The van der Waals surface area contributed by atoms with Crippen molar-refractivity contribution in [2.75, 3.05) is 26.2 Å². The quantitative estimate of drug-likeness (QED) is 0.777. The van der Waals surface area contributed by atoms with Crippen molar-refractivity contribution in [2.24, 2.45) is 16.7 Å². The predicted molar refractivity (Wildman–Crippen MR) is 90.3 cm³/mol. The Bertz CT molecular complexity index is 332. The number of hydrogen-bond donors (Lipinski definition) is 1. The monoisotopic (exact) mass is 296 g/mol. The molecular weight excluding hydrogens is 260 g/mol. The van der Waals surface area contributed by atoms with Crippen molar-refractivity contribution in [1.29, 1.82) is 0 Å². The SMILES string of the molecule is CCC(C)CC(C)(C(=O)N1CCNCC1)C(C)(CC)CC. The maximum Gasteiger partial charge on any atom is 0.229 e. The average Bonchev–Trinajstić information content (AvgIpc) is 2.53. The molecule has 1 saturated heterocycles. The first-order valence-electron chi connectivity index (χ1n) is 8.84. The van der Waals surface area contributed by atoms with Crippen LogP contribution in [0.1, 0.15) is 67.2 Å². The largest absolute Gasteiger partial charge is 0.340 e. The molecule has 0 saturated carbocycles.